The van der Waals surface area contributed by atoms with Crippen LogP contribution >= 0.6 is 0 Å². The summed E-state index contributed by atoms with van der Waals surface area (Å²) in [5, 5.41) is 6.74. The highest BCUT2D eigenvalue weighted by Gasteiger charge is 2.31. The van der Waals surface area contributed by atoms with E-state index in [2.05, 4.69) is 16.8 Å². The van der Waals surface area contributed by atoms with Crippen molar-refractivity contribution < 1.29 is 17.9 Å². The first kappa shape index (κ1) is 11.5. The zero-order valence-corrected chi connectivity index (χ0v) is 8.01. The van der Waals surface area contributed by atoms with E-state index in [4.69, 9.17) is 4.74 Å². The molecule has 0 saturated heterocycles. The zero-order chi connectivity index (χ0) is 11.5. The maximum Gasteiger partial charge on any atom is 0.418 e. The SMILES string of the molecule is C=C(OCC)c1cc(C(F)(F)F)cnn1. The van der Waals surface area contributed by atoms with Crippen molar-refractivity contribution in [1.82, 2.24) is 10.2 Å². The number of aromatic nitrogens is 2. The van der Waals surface area contributed by atoms with Crippen LogP contribution in [-0.4, -0.2) is 16.8 Å². The first-order chi connectivity index (χ1) is 6.95. The molecule has 0 bridgehead atoms. The van der Waals surface area contributed by atoms with Gasteiger partial charge in [-0.15, -0.1) is 5.10 Å². The molecule has 0 radical (unpaired) electrons. The van der Waals surface area contributed by atoms with Gasteiger partial charge in [0.1, 0.15) is 11.5 Å². The van der Waals surface area contributed by atoms with Gasteiger partial charge < -0.3 is 4.74 Å². The van der Waals surface area contributed by atoms with Gasteiger partial charge in [-0.25, -0.2) is 0 Å². The van der Waals surface area contributed by atoms with Crippen molar-refractivity contribution in [3.05, 3.63) is 30.1 Å². The summed E-state index contributed by atoms with van der Waals surface area (Å²) in [5.41, 5.74) is -0.875. The molecular formula is C9H9F3N2O. The van der Waals surface area contributed by atoms with Gasteiger partial charge in [-0.3, -0.25) is 0 Å². The molecule has 0 spiro atoms. The van der Waals surface area contributed by atoms with Gasteiger partial charge in [-0.05, 0) is 13.0 Å². The molecule has 0 N–H and O–H groups in total. The fourth-order valence-corrected chi connectivity index (χ4v) is 0.906. The highest BCUT2D eigenvalue weighted by Crippen LogP contribution is 2.29. The summed E-state index contributed by atoms with van der Waals surface area (Å²) in [4.78, 5) is 0. The van der Waals surface area contributed by atoms with Crippen LogP contribution in [0.2, 0.25) is 0 Å². The maximum absolute atomic E-state index is 12.3. The third kappa shape index (κ3) is 2.93. The molecule has 0 aliphatic rings. The Morgan fingerprint density at radius 3 is 2.73 bits per heavy atom. The molecule has 82 valence electrons. The van der Waals surface area contributed by atoms with Crippen LogP contribution in [0.25, 0.3) is 5.76 Å². The van der Waals surface area contributed by atoms with E-state index in [1.54, 1.807) is 6.92 Å². The second-order valence-corrected chi connectivity index (χ2v) is 2.68. The summed E-state index contributed by atoms with van der Waals surface area (Å²) in [5.74, 6) is 0.0797. The van der Waals surface area contributed by atoms with E-state index in [0.717, 1.165) is 6.07 Å². The van der Waals surface area contributed by atoms with E-state index < -0.39 is 11.7 Å². The van der Waals surface area contributed by atoms with Crippen LogP contribution in [0.15, 0.2) is 18.8 Å². The average Bonchev–Trinajstić information content (AvgIpc) is 2.17. The van der Waals surface area contributed by atoms with Crippen LogP contribution in [0.4, 0.5) is 13.2 Å². The minimum atomic E-state index is -4.43. The minimum Gasteiger partial charge on any atom is -0.492 e. The van der Waals surface area contributed by atoms with Crippen LogP contribution in [-0.2, 0) is 10.9 Å². The Labute approximate surface area is 84.6 Å². The van der Waals surface area contributed by atoms with Crippen LogP contribution in [0.3, 0.4) is 0 Å². The largest absolute Gasteiger partial charge is 0.492 e. The average molecular weight is 218 g/mol. The van der Waals surface area contributed by atoms with Crippen LogP contribution < -0.4 is 0 Å². The monoisotopic (exact) mass is 218 g/mol. The lowest BCUT2D eigenvalue weighted by Crippen LogP contribution is -2.08. The molecule has 1 rings (SSSR count). The van der Waals surface area contributed by atoms with Crippen molar-refractivity contribution in [2.24, 2.45) is 0 Å². The van der Waals surface area contributed by atoms with Gasteiger partial charge in [-0.2, -0.15) is 18.3 Å². The highest BCUT2D eigenvalue weighted by atomic mass is 19.4. The number of rotatable bonds is 3. The first-order valence-corrected chi connectivity index (χ1v) is 4.17. The Morgan fingerprint density at radius 1 is 1.53 bits per heavy atom. The predicted molar refractivity (Wildman–Crippen MR) is 47.7 cm³/mol. The smallest absolute Gasteiger partial charge is 0.418 e. The van der Waals surface area contributed by atoms with Gasteiger partial charge in [0.2, 0.25) is 0 Å². The number of hydrogen-bond acceptors (Lipinski definition) is 3. The quantitative estimate of drug-likeness (QED) is 0.731. The lowest BCUT2D eigenvalue weighted by Gasteiger charge is -2.08. The third-order valence-corrected chi connectivity index (χ3v) is 1.59. The molecule has 0 aliphatic heterocycles. The minimum absolute atomic E-state index is 0.00771. The van der Waals surface area contributed by atoms with E-state index in [-0.39, 0.29) is 11.5 Å². The van der Waals surface area contributed by atoms with Crippen molar-refractivity contribution in [3.8, 4) is 0 Å². The molecule has 0 aliphatic carbocycles. The van der Waals surface area contributed by atoms with E-state index >= 15 is 0 Å². The van der Waals surface area contributed by atoms with Gasteiger partial charge in [0, 0.05) is 0 Å². The second kappa shape index (κ2) is 4.29. The zero-order valence-electron chi connectivity index (χ0n) is 8.01. The van der Waals surface area contributed by atoms with Crippen molar-refractivity contribution in [1.29, 1.82) is 0 Å². The Morgan fingerprint density at radius 2 is 2.20 bits per heavy atom. The molecule has 0 amide bonds. The summed E-state index contributed by atoms with van der Waals surface area (Å²) in [6.45, 7) is 5.46. The first-order valence-electron chi connectivity index (χ1n) is 4.17. The Kier molecular flexibility index (Phi) is 3.28. The number of hydrogen-bond donors (Lipinski definition) is 0. The fraction of sp³-hybridized carbons (Fsp3) is 0.333. The van der Waals surface area contributed by atoms with Crippen molar-refractivity contribution in [2.75, 3.05) is 6.61 Å². The Balaban J connectivity index is 2.98. The van der Waals surface area contributed by atoms with Crippen LogP contribution in [0, 0.1) is 0 Å². The molecule has 1 heterocycles. The van der Waals surface area contributed by atoms with Crippen LogP contribution in [0.1, 0.15) is 18.2 Å². The summed E-state index contributed by atoms with van der Waals surface area (Å²) in [7, 11) is 0. The van der Waals surface area contributed by atoms with Gasteiger partial charge in [-0.1, -0.05) is 6.58 Å². The van der Waals surface area contributed by atoms with Crippen molar-refractivity contribution in [3.63, 3.8) is 0 Å². The lowest BCUT2D eigenvalue weighted by atomic mass is 10.2. The number of alkyl halides is 3. The molecule has 1 aromatic rings. The summed E-state index contributed by atoms with van der Waals surface area (Å²) < 4.78 is 41.8. The molecule has 0 fully saturated rings. The molecule has 1 aromatic heterocycles. The van der Waals surface area contributed by atoms with Crippen molar-refractivity contribution in [2.45, 2.75) is 13.1 Å². The van der Waals surface area contributed by atoms with Gasteiger partial charge in [0.25, 0.3) is 0 Å². The summed E-state index contributed by atoms with van der Waals surface area (Å²) >= 11 is 0. The topological polar surface area (TPSA) is 35.0 Å². The molecule has 0 atom stereocenters. The molecule has 0 saturated carbocycles. The summed E-state index contributed by atoms with van der Waals surface area (Å²) in [6, 6.07) is 0.852. The normalized spacial score (nSPS) is 11.2. The van der Waals surface area contributed by atoms with Gasteiger partial charge >= 0.3 is 6.18 Å². The fourth-order valence-electron chi connectivity index (χ4n) is 0.906. The molecule has 3 nitrogen and oxygen atoms in total. The van der Waals surface area contributed by atoms with Gasteiger partial charge in [0.05, 0.1) is 18.4 Å². The van der Waals surface area contributed by atoms with E-state index in [1.165, 1.54) is 0 Å². The Bertz CT molecular complexity index is 363. The third-order valence-electron chi connectivity index (χ3n) is 1.59. The van der Waals surface area contributed by atoms with Gasteiger partial charge in [0.15, 0.2) is 0 Å². The standard InChI is InChI=1S/C9H9F3N2O/c1-3-15-6(2)8-4-7(5-13-14-8)9(10,11)12/h4-5H,2-3H2,1H3. The molecule has 15 heavy (non-hydrogen) atoms. The predicted octanol–water partition coefficient (Wildman–Crippen LogP) is 2.50. The van der Waals surface area contributed by atoms with E-state index in [0.29, 0.717) is 12.8 Å². The molecule has 0 unspecified atom stereocenters. The van der Waals surface area contributed by atoms with Crippen LogP contribution in [0.5, 0.6) is 0 Å². The van der Waals surface area contributed by atoms with Crippen molar-refractivity contribution >= 4 is 5.76 Å². The Hall–Kier alpha value is -1.59. The summed E-state index contributed by atoms with van der Waals surface area (Å²) in [6.07, 6.45) is -3.78. The number of nitrogens with zero attached hydrogens (tertiary/aromatic N) is 2. The highest BCUT2D eigenvalue weighted by molar-refractivity contribution is 5.53. The number of ether oxygens (including phenoxy) is 1. The van der Waals surface area contributed by atoms with E-state index in [9.17, 15) is 13.2 Å². The molecular weight excluding hydrogens is 209 g/mol. The maximum atomic E-state index is 12.3. The van der Waals surface area contributed by atoms with E-state index in [1.807, 2.05) is 0 Å². The molecule has 6 heteroatoms. The lowest BCUT2D eigenvalue weighted by molar-refractivity contribution is -0.137. The molecule has 0 aromatic carbocycles. The number of halogens is 3. The second-order valence-electron chi connectivity index (χ2n) is 2.68.